The topological polar surface area (TPSA) is 78.7 Å². The first-order chi connectivity index (χ1) is 11.1. The van der Waals surface area contributed by atoms with Crippen LogP contribution in [0.5, 0.6) is 0 Å². The van der Waals surface area contributed by atoms with E-state index in [0.29, 0.717) is 32.0 Å². The van der Waals surface area contributed by atoms with Crippen molar-refractivity contribution in [1.29, 1.82) is 0 Å². The molecule has 3 N–H and O–H groups in total. The molecule has 0 aromatic heterocycles. The molecule has 0 aliphatic carbocycles. The monoisotopic (exact) mass is 318 g/mol. The van der Waals surface area contributed by atoms with Crippen molar-refractivity contribution in [1.82, 2.24) is 15.1 Å². The summed E-state index contributed by atoms with van der Waals surface area (Å²) >= 11 is 0. The highest BCUT2D eigenvalue weighted by atomic mass is 16.2. The first-order valence-electron chi connectivity index (χ1n) is 8.11. The SMILES string of the molecule is CN(Cc1ccccc1)C(=O)NCCC(=O)N1CCC(CN)C1. The summed E-state index contributed by atoms with van der Waals surface area (Å²) in [7, 11) is 1.75. The second-order valence-electron chi connectivity index (χ2n) is 6.05. The molecule has 1 fully saturated rings. The Morgan fingerprint density at radius 2 is 2.09 bits per heavy atom. The number of likely N-dealkylation sites (tertiary alicyclic amines) is 1. The smallest absolute Gasteiger partial charge is 0.317 e. The molecular formula is C17H26N4O2. The van der Waals surface area contributed by atoms with Crippen molar-refractivity contribution < 1.29 is 9.59 Å². The summed E-state index contributed by atoms with van der Waals surface area (Å²) in [6, 6.07) is 9.64. The normalized spacial score (nSPS) is 17.1. The maximum absolute atomic E-state index is 12.1. The molecule has 0 bridgehead atoms. The molecule has 6 heteroatoms. The van der Waals surface area contributed by atoms with Gasteiger partial charge >= 0.3 is 6.03 Å². The fourth-order valence-corrected chi connectivity index (χ4v) is 2.75. The third kappa shape index (κ3) is 5.25. The standard InChI is InChI=1S/C17H26N4O2/c1-20(12-14-5-3-2-4-6-14)17(23)19-9-7-16(22)21-10-8-15(11-18)13-21/h2-6,15H,7-13,18H2,1H3,(H,19,23). The molecule has 126 valence electrons. The average molecular weight is 318 g/mol. The van der Waals surface area contributed by atoms with E-state index in [1.807, 2.05) is 35.2 Å². The van der Waals surface area contributed by atoms with Gasteiger partial charge in [0.2, 0.25) is 5.91 Å². The van der Waals surface area contributed by atoms with Gasteiger partial charge < -0.3 is 20.9 Å². The summed E-state index contributed by atoms with van der Waals surface area (Å²) in [4.78, 5) is 27.5. The summed E-state index contributed by atoms with van der Waals surface area (Å²) in [5.41, 5.74) is 6.71. The molecule has 23 heavy (non-hydrogen) atoms. The molecular weight excluding hydrogens is 292 g/mol. The van der Waals surface area contributed by atoms with E-state index in [1.54, 1.807) is 11.9 Å². The number of hydrogen-bond acceptors (Lipinski definition) is 3. The van der Waals surface area contributed by atoms with Crippen LogP contribution in [0, 0.1) is 5.92 Å². The van der Waals surface area contributed by atoms with E-state index in [2.05, 4.69) is 5.32 Å². The molecule has 1 atom stereocenters. The zero-order chi connectivity index (χ0) is 16.7. The minimum Gasteiger partial charge on any atom is -0.342 e. The van der Waals surface area contributed by atoms with Crippen molar-refractivity contribution in [2.75, 3.05) is 33.2 Å². The van der Waals surface area contributed by atoms with Gasteiger partial charge in [0.1, 0.15) is 0 Å². The summed E-state index contributed by atoms with van der Waals surface area (Å²) in [5, 5.41) is 2.80. The number of nitrogens with zero attached hydrogens (tertiary/aromatic N) is 2. The van der Waals surface area contributed by atoms with Crippen LogP contribution in [0.4, 0.5) is 4.79 Å². The van der Waals surface area contributed by atoms with Gasteiger partial charge in [0.15, 0.2) is 0 Å². The van der Waals surface area contributed by atoms with E-state index in [1.165, 1.54) is 0 Å². The molecule has 1 aromatic carbocycles. The zero-order valence-electron chi connectivity index (χ0n) is 13.7. The molecule has 1 unspecified atom stereocenters. The molecule has 6 nitrogen and oxygen atoms in total. The zero-order valence-corrected chi connectivity index (χ0v) is 13.7. The molecule has 1 aliphatic rings. The van der Waals surface area contributed by atoms with Gasteiger partial charge in [-0.15, -0.1) is 0 Å². The average Bonchev–Trinajstić information content (AvgIpc) is 3.04. The lowest BCUT2D eigenvalue weighted by Gasteiger charge is -2.19. The van der Waals surface area contributed by atoms with Crippen molar-refractivity contribution in [3.05, 3.63) is 35.9 Å². The quantitative estimate of drug-likeness (QED) is 0.822. The second kappa shape index (κ2) is 8.53. The Kier molecular flexibility index (Phi) is 6.40. The third-order valence-electron chi connectivity index (χ3n) is 4.20. The molecule has 1 heterocycles. The number of carbonyl (C=O) groups excluding carboxylic acids is 2. The van der Waals surface area contributed by atoms with Crippen LogP contribution in [0.25, 0.3) is 0 Å². The summed E-state index contributed by atoms with van der Waals surface area (Å²) in [5.74, 6) is 0.512. The molecule has 0 spiro atoms. The Morgan fingerprint density at radius 3 is 2.74 bits per heavy atom. The fourth-order valence-electron chi connectivity index (χ4n) is 2.75. The van der Waals surface area contributed by atoms with Gasteiger partial charge in [0.05, 0.1) is 0 Å². The lowest BCUT2D eigenvalue weighted by molar-refractivity contribution is -0.130. The van der Waals surface area contributed by atoms with Gasteiger partial charge in [-0.05, 0) is 24.4 Å². The molecule has 1 aliphatic heterocycles. The number of hydrogen-bond donors (Lipinski definition) is 2. The molecule has 0 saturated carbocycles. The van der Waals surface area contributed by atoms with Gasteiger partial charge in [-0.3, -0.25) is 4.79 Å². The van der Waals surface area contributed by atoms with Crippen LogP contribution in [0.1, 0.15) is 18.4 Å². The van der Waals surface area contributed by atoms with Crippen LogP contribution in [-0.2, 0) is 11.3 Å². The lowest BCUT2D eigenvalue weighted by atomic mass is 10.1. The van der Waals surface area contributed by atoms with Crippen molar-refractivity contribution in [2.24, 2.45) is 11.7 Å². The van der Waals surface area contributed by atoms with E-state index in [9.17, 15) is 9.59 Å². The van der Waals surface area contributed by atoms with Gasteiger partial charge in [-0.25, -0.2) is 4.79 Å². The largest absolute Gasteiger partial charge is 0.342 e. The molecule has 2 rings (SSSR count). The van der Waals surface area contributed by atoms with Crippen LogP contribution < -0.4 is 11.1 Å². The second-order valence-corrected chi connectivity index (χ2v) is 6.05. The number of carbonyl (C=O) groups is 2. The van der Waals surface area contributed by atoms with Crippen molar-refractivity contribution >= 4 is 11.9 Å². The van der Waals surface area contributed by atoms with Crippen LogP contribution in [0.3, 0.4) is 0 Å². The molecule has 3 amide bonds. The van der Waals surface area contributed by atoms with E-state index in [0.717, 1.165) is 25.1 Å². The summed E-state index contributed by atoms with van der Waals surface area (Å²) in [6.07, 6.45) is 1.32. The van der Waals surface area contributed by atoms with Gasteiger partial charge in [0, 0.05) is 39.6 Å². The highest BCUT2D eigenvalue weighted by Crippen LogP contribution is 2.15. The van der Waals surface area contributed by atoms with E-state index >= 15 is 0 Å². The van der Waals surface area contributed by atoms with E-state index in [-0.39, 0.29) is 11.9 Å². The maximum Gasteiger partial charge on any atom is 0.317 e. The number of urea groups is 1. The first kappa shape index (κ1) is 17.3. The van der Waals surface area contributed by atoms with Crippen LogP contribution in [0.15, 0.2) is 30.3 Å². The Hall–Kier alpha value is -2.08. The number of benzene rings is 1. The molecule has 0 radical (unpaired) electrons. The Balaban J connectivity index is 1.67. The predicted octanol–water partition coefficient (Wildman–Crippen LogP) is 1.03. The van der Waals surface area contributed by atoms with Crippen molar-refractivity contribution in [3.63, 3.8) is 0 Å². The lowest BCUT2D eigenvalue weighted by Crippen LogP contribution is -2.39. The molecule has 1 saturated heterocycles. The number of nitrogens with two attached hydrogens (primary N) is 1. The summed E-state index contributed by atoms with van der Waals surface area (Å²) in [6.45, 7) is 3.07. The van der Waals surface area contributed by atoms with Gasteiger partial charge in [-0.2, -0.15) is 0 Å². The highest BCUT2D eigenvalue weighted by Gasteiger charge is 2.24. The molecule has 1 aromatic rings. The Bertz CT molecular complexity index is 521. The minimum absolute atomic E-state index is 0.0898. The van der Waals surface area contributed by atoms with Crippen LogP contribution in [0.2, 0.25) is 0 Å². The first-order valence-corrected chi connectivity index (χ1v) is 8.11. The fraction of sp³-hybridized carbons (Fsp3) is 0.529. The predicted molar refractivity (Wildman–Crippen MR) is 89.7 cm³/mol. The number of rotatable bonds is 6. The van der Waals surface area contributed by atoms with Gasteiger partial charge in [0.25, 0.3) is 0 Å². The van der Waals surface area contributed by atoms with Crippen LogP contribution in [-0.4, -0.2) is 55.0 Å². The number of nitrogens with one attached hydrogen (secondary N) is 1. The maximum atomic E-state index is 12.1. The van der Waals surface area contributed by atoms with Crippen LogP contribution >= 0.6 is 0 Å². The number of amides is 3. The Labute approximate surface area is 137 Å². The highest BCUT2D eigenvalue weighted by molar-refractivity contribution is 5.78. The Morgan fingerprint density at radius 1 is 1.35 bits per heavy atom. The van der Waals surface area contributed by atoms with Crippen molar-refractivity contribution in [3.8, 4) is 0 Å². The van der Waals surface area contributed by atoms with Crippen molar-refractivity contribution in [2.45, 2.75) is 19.4 Å². The van der Waals surface area contributed by atoms with E-state index < -0.39 is 0 Å². The van der Waals surface area contributed by atoms with E-state index in [4.69, 9.17) is 5.73 Å². The van der Waals surface area contributed by atoms with Gasteiger partial charge in [-0.1, -0.05) is 30.3 Å². The summed E-state index contributed by atoms with van der Waals surface area (Å²) < 4.78 is 0. The minimum atomic E-state index is -0.164. The third-order valence-corrected chi connectivity index (χ3v) is 4.20.